The van der Waals surface area contributed by atoms with Crippen LogP contribution in [0.1, 0.15) is 52.9 Å². The van der Waals surface area contributed by atoms with Crippen LogP contribution in [-0.2, 0) is 9.59 Å². The summed E-state index contributed by atoms with van der Waals surface area (Å²) in [5.74, 6) is -1.44. The topological polar surface area (TPSA) is 101 Å². The number of unbranched alkanes of at least 4 members (excludes halogenated alkanes) is 1. The summed E-state index contributed by atoms with van der Waals surface area (Å²) in [4.78, 5) is 22.4. The van der Waals surface area contributed by atoms with Crippen molar-refractivity contribution in [3.63, 3.8) is 0 Å². The molecule has 0 aromatic carbocycles. The smallest absolute Gasteiger partial charge is 0.548 e. The molecule has 0 aliphatic rings. The van der Waals surface area contributed by atoms with Crippen molar-refractivity contribution in [3.05, 3.63) is 0 Å². The van der Waals surface area contributed by atoms with Gasteiger partial charge in [-0.15, -0.1) is 0 Å². The molecule has 3 N–H and O–H groups in total. The number of carbonyl (C=O) groups excluding carboxylic acids is 2. The minimum atomic E-state index is -1.21. The Labute approximate surface area is 131 Å². The Morgan fingerprint density at radius 1 is 1.17 bits per heavy atom. The van der Waals surface area contributed by atoms with Crippen molar-refractivity contribution in [2.45, 2.75) is 58.9 Å². The fraction of sp³-hybridized carbons (Fsp3) is 0.833. The summed E-state index contributed by atoms with van der Waals surface area (Å²) >= 11 is 0. The summed E-state index contributed by atoms with van der Waals surface area (Å²) in [6.45, 7) is 5.73. The second kappa shape index (κ2) is 13.3. The molecule has 0 radical (unpaired) electrons. The summed E-state index contributed by atoms with van der Waals surface area (Å²) in [5, 5.41) is 13.2. The van der Waals surface area contributed by atoms with Crippen molar-refractivity contribution < 1.29 is 49.7 Å². The number of hydrogen-bond acceptors (Lipinski definition) is 3. The van der Waals surface area contributed by atoms with Crippen LogP contribution < -0.4 is 40.0 Å². The van der Waals surface area contributed by atoms with E-state index < -0.39 is 12.0 Å². The molecular weight excluding hydrogens is 245 g/mol. The van der Waals surface area contributed by atoms with Gasteiger partial charge >= 0.3 is 29.6 Å². The zero-order valence-electron chi connectivity index (χ0n) is 11.9. The molecule has 0 aromatic rings. The number of carboxylic acid groups (broad SMARTS) is 1. The maximum atomic E-state index is 11.8. The van der Waals surface area contributed by atoms with Gasteiger partial charge in [0.05, 0.1) is 12.0 Å². The van der Waals surface area contributed by atoms with Crippen LogP contribution in [0.25, 0.3) is 0 Å². The molecule has 0 fully saturated rings. The van der Waals surface area contributed by atoms with Gasteiger partial charge in [0.2, 0.25) is 5.91 Å². The molecule has 0 aromatic heterocycles. The number of carbonyl (C=O) groups is 2. The Balaban J connectivity index is -0.00000112. The van der Waals surface area contributed by atoms with Crippen LogP contribution in [0.15, 0.2) is 0 Å². The largest absolute Gasteiger partial charge is 1.00 e. The van der Waals surface area contributed by atoms with Gasteiger partial charge in [-0.05, 0) is 19.3 Å². The van der Waals surface area contributed by atoms with E-state index >= 15 is 0 Å². The number of carboxylic acids is 1. The van der Waals surface area contributed by atoms with Crippen molar-refractivity contribution in [3.8, 4) is 0 Å². The van der Waals surface area contributed by atoms with Crippen LogP contribution >= 0.6 is 0 Å². The molecule has 18 heavy (non-hydrogen) atoms. The number of hydrogen-bond donors (Lipinski definition) is 1. The molecule has 0 heterocycles. The predicted molar refractivity (Wildman–Crippen MR) is 64.1 cm³/mol. The monoisotopic (exact) mass is 269 g/mol. The SMILES string of the molecule is CCCCC(CC)C(=O)NC(CC)C(=O)[O-].O.[Na+]. The summed E-state index contributed by atoms with van der Waals surface area (Å²) in [6, 6.07) is -0.858. The quantitative estimate of drug-likeness (QED) is 0.476. The van der Waals surface area contributed by atoms with Crippen LogP contribution in [0.2, 0.25) is 0 Å². The molecule has 102 valence electrons. The van der Waals surface area contributed by atoms with Crippen molar-refractivity contribution in [2.75, 3.05) is 0 Å². The van der Waals surface area contributed by atoms with E-state index in [2.05, 4.69) is 12.2 Å². The van der Waals surface area contributed by atoms with Gasteiger partial charge in [0, 0.05) is 5.92 Å². The summed E-state index contributed by atoms with van der Waals surface area (Å²) in [6.07, 6.45) is 3.96. The Morgan fingerprint density at radius 3 is 2.06 bits per heavy atom. The fourth-order valence-corrected chi connectivity index (χ4v) is 1.59. The molecule has 2 atom stereocenters. The molecule has 0 saturated heterocycles. The molecule has 0 bridgehead atoms. The third-order valence-electron chi connectivity index (χ3n) is 2.78. The molecule has 5 nitrogen and oxygen atoms in total. The first-order valence-electron chi connectivity index (χ1n) is 6.07. The molecular formula is C12H24NNaO4. The summed E-state index contributed by atoms with van der Waals surface area (Å²) in [7, 11) is 0. The van der Waals surface area contributed by atoms with E-state index in [9.17, 15) is 14.7 Å². The van der Waals surface area contributed by atoms with Gasteiger partial charge in [0.25, 0.3) is 0 Å². The molecule has 6 heteroatoms. The Kier molecular flexibility index (Phi) is 17.1. The van der Waals surface area contributed by atoms with Gasteiger partial charge in [0.15, 0.2) is 0 Å². The van der Waals surface area contributed by atoms with Gasteiger partial charge in [-0.1, -0.05) is 33.6 Å². The van der Waals surface area contributed by atoms with Gasteiger partial charge in [0.1, 0.15) is 0 Å². The molecule has 0 saturated carbocycles. The summed E-state index contributed by atoms with van der Waals surface area (Å²) in [5.41, 5.74) is 0. The number of aliphatic carboxylic acids is 1. The Morgan fingerprint density at radius 2 is 1.72 bits per heavy atom. The van der Waals surface area contributed by atoms with E-state index in [0.717, 1.165) is 25.7 Å². The normalized spacial score (nSPS) is 12.6. The number of rotatable bonds is 8. The van der Waals surface area contributed by atoms with E-state index in [4.69, 9.17) is 0 Å². The molecule has 0 spiro atoms. The van der Waals surface area contributed by atoms with Crippen LogP contribution in [0.3, 0.4) is 0 Å². The maximum Gasteiger partial charge on any atom is 1.00 e. The molecule has 0 aliphatic heterocycles. The number of nitrogens with one attached hydrogen (secondary N) is 1. The molecule has 2 unspecified atom stereocenters. The van der Waals surface area contributed by atoms with Crippen molar-refractivity contribution >= 4 is 11.9 Å². The van der Waals surface area contributed by atoms with E-state index in [1.54, 1.807) is 6.92 Å². The first kappa shape index (κ1) is 23.0. The maximum absolute atomic E-state index is 11.8. The first-order valence-corrected chi connectivity index (χ1v) is 6.07. The van der Waals surface area contributed by atoms with Gasteiger partial charge in [-0.25, -0.2) is 0 Å². The zero-order chi connectivity index (χ0) is 12.6. The van der Waals surface area contributed by atoms with Gasteiger partial charge < -0.3 is 20.7 Å². The second-order valence-corrected chi connectivity index (χ2v) is 4.04. The van der Waals surface area contributed by atoms with Gasteiger partial charge in [-0.2, -0.15) is 0 Å². The van der Waals surface area contributed by atoms with Crippen molar-refractivity contribution in [1.82, 2.24) is 5.32 Å². The van der Waals surface area contributed by atoms with E-state index in [-0.39, 0.29) is 46.9 Å². The molecule has 0 rings (SSSR count). The van der Waals surface area contributed by atoms with Crippen LogP contribution in [0, 0.1) is 5.92 Å². The summed E-state index contributed by atoms with van der Waals surface area (Å²) < 4.78 is 0. The van der Waals surface area contributed by atoms with Crippen molar-refractivity contribution in [2.24, 2.45) is 5.92 Å². The fourth-order valence-electron chi connectivity index (χ4n) is 1.59. The second-order valence-electron chi connectivity index (χ2n) is 4.04. The minimum absolute atomic E-state index is 0. The standard InChI is InChI=1S/C12H23NO3.Na.H2O/c1-4-7-8-9(5-2)11(14)13-10(6-3)12(15)16;;/h9-10H,4-8H2,1-3H3,(H,13,14)(H,15,16);;1H2/q;+1;/p-1. The number of amides is 1. The van der Waals surface area contributed by atoms with Crippen LogP contribution in [0.5, 0.6) is 0 Å². The average molecular weight is 269 g/mol. The van der Waals surface area contributed by atoms with E-state index in [1.165, 1.54) is 0 Å². The predicted octanol–water partition coefficient (Wildman–Crippen LogP) is -2.97. The van der Waals surface area contributed by atoms with E-state index in [1.807, 2.05) is 6.92 Å². The first-order chi connectivity index (χ1) is 7.56. The van der Waals surface area contributed by atoms with Crippen molar-refractivity contribution in [1.29, 1.82) is 0 Å². The third kappa shape index (κ3) is 8.91. The van der Waals surface area contributed by atoms with E-state index in [0.29, 0.717) is 6.42 Å². The minimum Gasteiger partial charge on any atom is -0.548 e. The third-order valence-corrected chi connectivity index (χ3v) is 2.78. The molecule has 1 amide bonds. The zero-order valence-corrected chi connectivity index (χ0v) is 13.9. The van der Waals surface area contributed by atoms with Gasteiger partial charge in [-0.3, -0.25) is 4.79 Å². The van der Waals surface area contributed by atoms with Crippen LogP contribution in [-0.4, -0.2) is 23.4 Å². The van der Waals surface area contributed by atoms with Crippen LogP contribution in [0.4, 0.5) is 0 Å². The average Bonchev–Trinajstić information content (AvgIpc) is 2.26. The Bertz CT molecular complexity index is 236. The Hall–Kier alpha value is -0.100. The molecule has 0 aliphatic carbocycles.